The van der Waals surface area contributed by atoms with Gasteiger partial charge in [0.2, 0.25) is 10.0 Å². The van der Waals surface area contributed by atoms with Crippen molar-refractivity contribution in [1.29, 1.82) is 0 Å². The summed E-state index contributed by atoms with van der Waals surface area (Å²) in [5.41, 5.74) is 1.88. The van der Waals surface area contributed by atoms with Crippen LogP contribution in [0, 0.1) is 0 Å². The Bertz CT molecular complexity index is 1220. The molecule has 0 saturated carbocycles. The first kappa shape index (κ1) is 22.7. The summed E-state index contributed by atoms with van der Waals surface area (Å²) in [5.74, 6) is 0.187. The Morgan fingerprint density at radius 3 is 2.59 bits per heavy atom. The number of H-pyrrole nitrogens is 1. The highest BCUT2D eigenvalue weighted by atomic mass is 35.5. The number of para-hydroxylation sites is 2. The predicted molar refractivity (Wildman–Crippen MR) is 122 cm³/mol. The van der Waals surface area contributed by atoms with Gasteiger partial charge in [-0.3, -0.25) is 4.79 Å². The van der Waals surface area contributed by atoms with Crippen molar-refractivity contribution in [2.45, 2.75) is 43.9 Å². The van der Waals surface area contributed by atoms with Gasteiger partial charge in [0.15, 0.2) is 0 Å². The SMILES string of the molecule is C[C@@H]1CN(S(=O)(=O)c2cc(C(=O)N[C@@H](C)c3nc4ccccc4[nH]3)ccc2Cl)C[C@@H](C)O1. The summed E-state index contributed by atoms with van der Waals surface area (Å²) in [6, 6.07) is 11.4. The van der Waals surface area contributed by atoms with Crippen LogP contribution in [0.25, 0.3) is 11.0 Å². The molecule has 4 rings (SSSR count). The van der Waals surface area contributed by atoms with E-state index in [4.69, 9.17) is 16.3 Å². The maximum Gasteiger partial charge on any atom is 0.251 e. The van der Waals surface area contributed by atoms with E-state index in [0.29, 0.717) is 5.82 Å². The monoisotopic (exact) mass is 476 g/mol. The van der Waals surface area contributed by atoms with Crippen molar-refractivity contribution >= 4 is 38.6 Å². The van der Waals surface area contributed by atoms with E-state index in [-0.39, 0.29) is 40.8 Å². The van der Waals surface area contributed by atoms with Crippen LogP contribution in [-0.4, -0.2) is 53.9 Å². The van der Waals surface area contributed by atoms with Gasteiger partial charge >= 0.3 is 0 Å². The summed E-state index contributed by atoms with van der Waals surface area (Å²) in [6.07, 6.45) is -0.466. The molecule has 32 heavy (non-hydrogen) atoms. The van der Waals surface area contributed by atoms with Crippen LogP contribution in [0.15, 0.2) is 47.4 Å². The van der Waals surface area contributed by atoms with Crippen LogP contribution >= 0.6 is 11.6 Å². The van der Waals surface area contributed by atoms with Gasteiger partial charge in [0.05, 0.1) is 34.3 Å². The zero-order valence-corrected chi connectivity index (χ0v) is 19.6. The van der Waals surface area contributed by atoms with Crippen molar-refractivity contribution in [3.8, 4) is 0 Å². The minimum Gasteiger partial charge on any atom is -0.373 e. The van der Waals surface area contributed by atoms with Gasteiger partial charge in [0, 0.05) is 18.7 Å². The van der Waals surface area contributed by atoms with Crippen LogP contribution in [0.5, 0.6) is 0 Å². The first-order valence-corrected chi connectivity index (χ1v) is 12.2. The van der Waals surface area contributed by atoms with Gasteiger partial charge in [-0.2, -0.15) is 4.31 Å². The molecule has 1 aliphatic rings. The zero-order valence-electron chi connectivity index (χ0n) is 18.0. The smallest absolute Gasteiger partial charge is 0.251 e. The normalized spacial score (nSPS) is 20.9. The molecule has 170 valence electrons. The highest BCUT2D eigenvalue weighted by Crippen LogP contribution is 2.28. The highest BCUT2D eigenvalue weighted by Gasteiger charge is 2.34. The third-order valence-corrected chi connectivity index (χ3v) is 7.68. The number of ether oxygens (including phenoxy) is 1. The van der Waals surface area contributed by atoms with Crippen LogP contribution in [0.3, 0.4) is 0 Å². The van der Waals surface area contributed by atoms with E-state index in [9.17, 15) is 13.2 Å². The number of amides is 1. The fourth-order valence-electron chi connectivity index (χ4n) is 3.83. The third kappa shape index (κ3) is 4.52. The van der Waals surface area contributed by atoms with Crippen molar-refractivity contribution in [2.24, 2.45) is 0 Å². The summed E-state index contributed by atoms with van der Waals surface area (Å²) in [6.45, 7) is 5.90. The lowest BCUT2D eigenvalue weighted by Crippen LogP contribution is -2.48. The lowest BCUT2D eigenvalue weighted by atomic mass is 10.2. The minimum absolute atomic E-state index is 0.0682. The largest absolute Gasteiger partial charge is 0.373 e. The average Bonchev–Trinajstić information content (AvgIpc) is 3.17. The second-order valence-electron chi connectivity index (χ2n) is 8.06. The minimum atomic E-state index is -3.89. The lowest BCUT2D eigenvalue weighted by Gasteiger charge is -2.34. The number of benzene rings is 2. The van der Waals surface area contributed by atoms with E-state index in [2.05, 4.69) is 15.3 Å². The molecule has 0 aliphatic carbocycles. The van der Waals surface area contributed by atoms with Gasteiger partial charge < -0.3 is 15.0 Å². The molecule has 2 N–H and O–H groups in total. The number of aromatic nitrogens is 2. The number of imidazole rings is 1. The quantitative estimate of drug-likeness (QED) is 0.586. The number of fused-ring (bicyclic) bond motifs is 1. The van der Waals surface area contributed by atoms with Crippen LogP contribution in [0.2, 0.25) is 5.02 Å². The van der Waals surface area contributed by atoms with Crippen molar-refractivity contribution in [3.05, 3.63) is 58.9 Å². The predicted octanol–water partition coefficient (Wildman–Crippen LogP) is 3.51. The fraction of sp³-hybridized carbons (Fsp3) is 0.364. The molecule has 3 atom stereocenters. The molecular weight excluding hydrogens is 452 g/mol. The maximum absolute atomic E-state index is 13.3. The zero-order chi connectivity index (χ0) is 23.0. The Balaban J connectivity index is 1.56. The number of nitrogens with zero attached hydrogens (tertiary/aromatic N) is 2. The van der Waals surface area contributed by atoms with Crippen molar-refractivity contribution in [2.75, 3.05) is 13.1 Å². The molecule has 10 heteroatoms. The van der Waals surface area contributed by atoms with Gasteiger partial charge in [-0.15, -0.1) is 0 Å². The van der Waals surface area contributed by atoms with E-state index in [1.54, 1.807) is 6.92 Å². The Labute approximate surface area is 192 Å². The van der Waals surface area contributed by atoms with Gasteiger partial charge in [0.1, 0.15) is 10.7 Å². The third-order valence-electron chi connectivity index (χ3n) is 5.36. The number of rotatable bonds is 5. The number of carbonyl (C=O) groups is 1. The molecule has 0 radical (unpaired) electrons. The summed E-state index contributed by atoms with van der Waals surface area (Å²) in [4.78, 5) is 20.5. The standard InChI is InChI=1S/C22H25ClN4O4S/c1-13-11-27(12-14(2)31-13)32(29,30)20-10-16(8-9-17(20)23)22(28)24-15(3)21-25-18-6-4-5-7-19(18)26-21/h4-10,13-15H,11-12H2,1-3H3,(H,24,28)(H,25,26)/t13-,14-,15+/m1/s1. The number of aromatic amines is 1. The Kier molecular flexibility index (Phi) is 6.26. The number of hydrogen-bond acceptors (Lipinski definition) is 5. The molecule has 0 bridgehead atoms. The number of hydrogen-bond donors (Lipinski definition) is 2. The molecule has 2 heterocycles. The van der Waals surface area contributed by atoms with Crippen LogP contribution < -0.4 is 5.32 Å². The molecule has 1 fully saturated rings. The first-order chi connectivity index (χ1) is 15.1. The van der Waals surface area contributed by atoms with E-state index in [1.807, 2.05) is 38.1 Å². The summed E-state index contributed by atoms with van der Waals surface area (Å²) >= 11 is 6.24. The van der Waals surface area contributed by atoms with E-state index >= 15 is 0 Å². The van der Waals surface area contributed by atoms with E-state index in [1.165, 1.54) is 22.5 Å². The topological polar surface area (TPSA) is 104 Å². The molecule has 1 aliphatic heterocycles. The summed E-state index contributed by atoms with van der Waals surface area (Å²) < 4.78 is 33.5. The van der Waals surface area contributed by atoms with Crippen molar-refractivity contribution < 1.29 is 17.9 Å². The molecule has 8 nitrogen and oxygen atoms in total. The molecule has 1 saturated heterocycles. The second-order valence-corrected chi connectivity index (χ2v) is 10.4. The molecule has 0 spiro atoms. The van der Waals surface area contributed by atoms with Crippen LogP contribution in [0.1, 0.15) is 43.0 Å². The fourth-order valence-corrected chi connectivity index (χ4v) is 5.93. The number of halogens is 1. The molecule has 1 amide bonds. The molecular formula is C22H25ClN4O4S. The summed E-state index contributed by atoms with van der Waals surface area (Å²) in [5, 5.41) is 2.93. The number of nitrogens with one attached hydrogen (secondary N) is 2. The van der Waals surface area contributed by atoms with Crippen LogP contribution in [-0.2, 0) is 14.8 Å². The summed E-state index contributed by atoms with van der Waals surface area (Å²) in [7, 11) is -3.89. The second kappa shape index (κ2) is 8.82. The Morgan fingerprint density at radius 1 is 1.22 bits per heavy atom. The molecule has 1 aromatic heterocycles. The lowest BCUT2D eigenvalue weighted by molar-refractivity contribution is -0.0440. The van der Waals surface area contributed by atoms with Crippen LogP contribution in [0.4, 0.5) is 0 Å². The number of morpholine rings is 1. The molecule has 2 aromatic carbocycles. The van der Waals surface area contributed by atoms with Gasteiger partial charge in [0.25, 0.3) is 5.91 Å². The first-order valence-electron chi connectivity index (χ1n) is 10.4. The average molecular weight is 477 g/mol. The Hall–Kier alpha value is -2.46. The van der Waals surface area contributed by atoms with E-state index in [0.717, 1.165) is 11.0 Å². The van der Waals surface area contributed by atoms with E-state index < -0.39 is 22.0 Å². The Morgan fingerprint density at radius 2 is 1.91 bits per heavy atom. The van der Waals surface area contributed by atoms with Crippen molar-refractivity contribution in [1.82, 2.24) is 19.6 Å². The van der Waals surface area contributed by atoms with Gasteiger partial charge in [-0.05, 0) is 51.1 Å². The van der Waals surface area contributed by atoms with Gasteiger partial charge in [-0.1, -0.05) is 23.7 Å². The highest BCUT2D eigenvalue weighted by molar-refractivity contribution is 7.89. The molecule has 0 unspecified atom stereocenters. The van der Waals surface area contributed by atoms with Gasteiger partial charge in [-0.25, -0.2) is 13.4 Å². The number of sulfonamides is 1. The maximum atomic E-state index is 13.3. The van der Waals surface area contributed by atoms with Crippen molar-refractivity contribution in [3.63, 3.8) is 0 Å². The molecule has 3 aromatic rings. The number of carbonyl (C=O) groups excluding carboxylic acids is 1.